The zero-order valence-electron chi connectivity index (χ0n) is 37.4. The van der Waals surface area contributed by atoms with Gasteiger partial charge in [0.25, 0.3) is 0 Å². The fourth-order valence-electron chi connectivity index (χ4n) is 14.9. The molecule has 14 heteroatoms. The van der Waals surface area contributed by atoms with Gasteiger partial charge in [0, 0.05) is 33.1 Å². The molecule has 14 nitrogen and oxygen atoms in total. The maximum atomic E-state index is 12.8. The number of ether oxygens (including phenoxy) is 5. The number of fused-ring (bicyclic) bond motifs is 7. The minimum Gasteiger partial charge on any atom is -0.463 e. The van der Waals surface area contributed by atoms with Crippen LogP contribution >= 0.6 is 0 Å². The van der Waals surface area contributed by atoms with Gasteiger partial charge < -0.3 is 33.9 Å². The maximum absolute atomic E-state index is 12.8. The highest BCUT2D eigenvalue weighted by Crippen LogP contribution is 2.78. The molecule has 2 heterocycles. The van der Waals surface area contributed by atoms with Crippen molar-refractivity contribution in [3.63, 3.8) is 0 Å². The second-order valence-corrected chi connectivity index (χ2v) is 20.9. The first kappa shape index (κ1) is 44.7. The number of aliphatic hydroxyl groups is 2. The van der Waals surface area contributed by atoms with E-state index in [1.54, 1.807) is 6.20 Å². The lowest BCUT2D eigenvalue weighted by Crippen LogP contribution is -2.66. The van der Waals surface area contributed by atoms with Crippen molar-refractivity contribution in [2.24, 2.45) is 56.7 Å². The minimum atomic E-state index is -1.36. The third-order valence-corrected chi connectivity index (χ3v) is 17.7. The Labute approximate surface area is 354 Å². The average Bonchev–Trinajstić information content (AvgIpc) is 3.80. The van der Waals surface area contributed by atoms with E-state index in [1.165, 1.54) is 32.4 Å². The van der Waals surface area contributed by atoms with Gasteiger partial charge in [-0.05, 0) is 122 Å². The Morgan fingerprint density at radius 2 is 1.45 bits per heavy atom. The smallest absolute Gasteiger partial charge is 0.303 e. The molecule has 0 bridgehead atoms. The standard InChI is InChI=1S/C46H69N3O11/c1-24(2)29-14-19-46(21-20-44(10)30(36(29)46)12-13-34-43(9)17-16-35(54)42(7,8)33(43)15-18-45(34,44)11)40(55)31-22-49(48-47-31)41-39(59-28(6)53)38(58-27(5)52)37(57-26(4)51)32(60-41)23-56-25(3)50/h22,29-30,32-41,54-55H,1,12-21,23H2,2-11H3/t29-,30+,32+,33-,34+,35-,36+,37+,38-,39+,40?,41+,43-,44+,45+,46-/m0/s1. The number of aliphatic hydroxyl groups excluding tert-OH is 2. The third-order valence-electron chi connectivity index (χ3n) is 17.7. The summed E-state index contributed by atoms with van der Waals surface area (Å²) < 4.78 is 29.9. The molecule has 6 aliphatic rings. The average molecular weight is 840 g/mol. The number of nitrogens with zero attached hydrogens (tertiary/aromatic N) is 3. The van der Waals surface area contributed by atoms with Crippen LogP contribution in [0.3, 0.4) is 0 Å². The Morgan fingerprint density at radius 3 is 2.08 bits per heavy atom. The molecule has 334 valence electrons. The molecule has 16 atom stereocenters. The molecule has 0 amide bonds. The van der Waals surface area contributed by atoms with Crippen LogP contribution in [0.1, 0.15) is 151 Å². The Bertz CT molecular complexity index is 1860. The summed E-state index contributed by atoms with van der Waals surface area (Å²) in [6.45, 7) is 23.3. The van der Waals surface area contributed by atoms with Crippen molar-refractivity contribution in [3.05, 3.63) is 24.0 Å². The lowest BCUT2D eigenvalue weighted by molar-refractivity contribution is -0.270. The molecule has 0 spiro atoms. The Kier molecular flexibility index (Phi) is 11.7. The summed E-state index contributed by atoms with van der Waals surface area (Å²) >= 11 is 0. The zero-order valence-corrected chi connectivity index (χ0v) is 37.4. The first-order chi connectivity index (χ1) is 28.0. The van der Waals surface area contributed by atoms with Gasteiger partial charge in [0.15, 0.2) is 24.5 Å². The quantitative estimate of drug-likeness (QED) is 0.154. The Morgan fingerprint density at radius 1 is 0.800 bits per heavy atom. The van der Waals surface area contributed by atoms with Crippen LogP contribution in [0.2, 0.25) is 0 Å². The molecule has 6 fully saturated rings. The molecule has 1 aromatic heterocycles. The van der Waals surface area contributed by atoms with Crippen LogP contribution in [0.4, 0.5) is 0 Å². The van der Waals surface area contributed by atoms with Gasteiger partial charge in [0.05, 0.1) is 12.3 Å². The van der Waals surface area contributed by atoms with E-state index >= 15 is 0 Å². The fraction of sp³-hybridized carbons (Fsp3) is 0.826. The molecule has 1 unspecified atom stereocenters. The van der Waals surface area contributed by atoms with E-state index in [0.717, 1.165) is 69.8 Å². The van der Waals surface area contributed by atoms with Crippen molar-refractivity contribution < 1.29 is 53.1 Å². The van der Waals surface area contributed by atoms with Crippen LogP contribution in [-0.2, 0) is 42.9 Å². The fourth-order valence-corrected chi connectivity index (χ4v) is 14.9. The molecule has 1 aromatic rings. The number of esters is 4. The molecule has 7 rings (SSSR count). The topological polar surface area (TPSA) is 186 Å². The lowest BCUT2D eigenvalue weighted by Gasteiger charge is -2.73. The molecule has 1 saturated heterocycles. The van der Waals surface area contributed by atoms with E-state index < -0.39 is 66.0 Å². The normalized spacial score (nSPS) is 43.5. The number of hydrogen-bond donors (Lipinski definition) is 2. The monoisotopic (exact) mass is 839 g/mol. The predicted octanol–water partition coefficient (Wildman–Crippen LogP) is 6.59. The van der Waals surface area contributed by atoms with Gasteiger partial charge >= 0.3 is 23.9 Å². The molecule has 5 saturated carbocycles. The highest BCUT2D eigenvalue weighted by molar-refractivity contribution is 5.68. The number of carbonyl (C=O) groups excluding carboxylic acids is 4. The number of rotatable bonds is 9. The SMILES string of the molecule is C=C(C)[C@@H]1CC[C@]2(C(O)c3cn([C@@H]4O[C@H](COC(C)=O)[C@@H](OC(C)=O)[C@H](OC(C)=O)[C@H]4OC(C)=O)nn3)CC[C@]3(C)[C@H](CC[C@@H]4[C@@]5(C)CC[C@H](O)C(C)(C)[C@@H]5CC[C@]43C)[C@@H]12. The van der Waals surface area contributed by atoms with Gasteiger partial charge in [-0.15, -0.1) is 5.10 Å². The van der Waals surface area contributed by atoms with Crippen molar-refractivity contribution in [1.82, 2.24) is 15.0 Å². The van der Waals surface area contributed by atoms with Crippen LogP contribution in [0.25, 0.3) is 0 Å². The highest BCUT2D eigenvalue weighted by Gasteiger charge is 2.72. The first-order valence-corrected chi connectivity index (χ1v) is 22.3. The van der Waals surface area contributed by atoms with Crippen molar-refractivity contribution >= 4 is 23.9 Å². The first-order valence-electron chi connectivity index (χ1n) is 22.3. The molecule has 60 heavy (non-hydrogen) atoms. The molecular weight excluding hydrogens is 771 g/mol. The predicted molar refractivity (Wildman–Crippen MR) is 217 cm³/mol. The zero-order chi connectivity index (χ0) is 43.9. The third kappa shape index (κ3) is 7.02. The summed E-state index contributed by atoms with van der Waals surface area (Å²) in [5.41, 5.74) is 1.13. The van der Waals surface area contributed by atoms with Gasteiger partial charge in [-0.2, -0.15) is 0 Å². The summed E-state index contributed by atoms with van der Waals surface area (Å²) in [4.78, 5) is 49.2. The van der Waals surface area contributed by atoms with Crippen molar-refractivity contribution in [2.75, 3.05) is 6.61 Å². The molecule has 1 aliphatic heterocycles. The van der Waals surface area contributed by atoms with E-state index in [2.05, 4.69) is 58.4 Å². The largest absolute Gasteiger partial charge is 0.463 e. The van der Waals surface area contributed by atoms with E-state index in [4.69, 9.17) is 23.7 Å². The minimum absolute atomic E-state index is 0.0298. The van der Waals surface area contributed by atoms with Crippen LogP contribution in [0.5, 0.6) is 0 Å². The molecule has 5 aliphatic carbocycles. The van der Waals surface area contributed by atoms with Gasteiger partial charge in [0.2, 0.25) is 0 Å². The van der Waals surface area contributed by atoms with Gasteiger partial charge in [0.1, 0.15) is 24.5 Å². The van der Waals surface area contributed by atoms with Crippen molar-refractivity contribution in [1.29, 1.82) is 0 Å². The number of hydrogen-bond acceptors (Lipinski definition) is 13. The van der Waals surface area contributed by atoms with Crippen LogP contribution in [0, 0.1) is 56.7 Å². The summed E-state index contributed by atoms with van der Waals surface area (Å²) in [6, 6.07) is 0. The molecular formula is C46H69N3O11. The van der Waals surface area contributed by atoms with E-state index in [0.29, 0.717) is 23.4 Å². The lowest BCUT2D eigenvalue weighted by atomic mass is 9.32. The van der Waals surface area contributed by atoms with Gasteiger partial charge in [-0.3, -0.25) is 19.2 Å². The van der Waals surface area contributed by atoms with Gasteiger partial charge in [-0.25, -0.2) is 4.68 Å². The van der Waals surface area contributed by atoms with E-state index in [-0.39, 0.29) is 46.2 Å². The number of aromatic nitrogens is 3. The van der Waals surface area contributed by atoms with Crippen molar-refractivity contribution in [3.8, 4) is 0 Å². The maximum Gasteiger partial charge on any atom is 0.303 e. The molecule has 2 N–H and O–H groups in total. The van der Waals surface area contributed by atoms with Crippen molar-refractivity contribution in [2.45, 2.75) is 176 Å². The highest BCUT2D eigenvalue weighted by atomic mass is 16.7. The van der Waals surface area contributed by atoms with E-state index in [1.807, 2.05) is 0 Å². The molecule has 0 aromatic carbocycles. The Balaban J connectivity index is 1.23. The number of carbonyl (C=O) groups is 4. The van der Waals surface area contributed by atoms with Crippen LogP contribution in [-0.4, -0.2) is 86.2 Å². The Hall–Kier alpha value is -3.36. The second kappa shape index (κ2) is 15.8. The van der Waals surface area contributed by atoms with Crippen LogP contribution in [0.15, 0.2) is 18.3 Å². The summed E-state index contributed by atoms with van der Waals surface area (Å²) in [5.74, 6) is -1.03. The van der Waals surface area contributed by atoms with E-state index in [9.17, 15) is 29.4 Å². The second-order valence-electron chi connectivity index (χ2n) is 20.9. The van der Waals surface area contributed by atoms with Gasteiger partial charge in [-0.1, -0.05) is 52.0 Å². The summed E-state index contributed by atoms with van der Waals surface area (Å²) in [6.07, 6.45) is 3.73. The molecule has 0 radical (unpaired) electrons. The summed E-state index contributed by atoms with van der Waals surface area (Å²) in [7, 11) is 0. The number of allylic oxidation sites excluding steroid dienone is 1. The summed E-state index contributed by atoms with van der Waals surface area (Å²) in [5, 5.41) is 33.0. The van der Waals surface area contributed by atoms with Crippen LogP contribution < -0.4 is 0 Å².